The summed E-state index contributed by atoms with van der Waals surface area (Å²) in [6.07, 6.45) is 1.81. The van der Waals surface area contributed by atoms with Crippen molar-refractivity contribution in [3.8, 4) is 0 Å². The van der Waals surface area contributed by atoms with Crippen LogP contribution in [0.15, 0.2) is 0 Å². The molecule has 1 aliphatic carbocycles. The molecule has 2 aliphatic rings. The summed E-state index contributed by atoms with van der Waals surface area (Å²) in [5, 5.41) is 3.43. The topological polar surface area (TPSA) is 24.5 Å². The van der Waals surface area contributed by atoms with Crippen molar-refractivity contribution in [3.05, 3.63) is 0 Å². The summed E-state index contributed by atoms with van der Waals surface area (Å²) >= 11 is 0. The Morgan fingerprint density at radius 1 is 1.15 bits per heavy atom. The van der Waals surface area contributed by atoms with E-state index in [2.05, 4.69) is 10.2 Å². The zero-order chi connectivity index (χ0) is 13.8. The van der Waals surface area contributed by atoms with Crippen LogP contribution in [0.5, 0.6) is 0 Å². The smallest absolute Gasteiger partial charge is 0.371 e. The van der Waals surface area contributed by atoms with Gasteiger partial charge in [0.15, 0.2) is 0 Å². The highest BCUT2D eigenvalue weighted by Gasteiger charge is 2.39. The van der Waals surface area contributed by atoms with E-state index in [1.54, 1.807) is 0 Å². The molecule has 1 saturated heterocycles. The van der Waals surface area contributed by atoms with Gasteiger partial charge in [0.25, 0.3) is 0 Å². The van der Waals surface area contributed by atoms with Crippen LogP contribution < -0.4 is 5.32 Å². The van der Waals surface area contributed by atoms with Crippen LogP contribution >= 0.6 is 12.4 Å². The molecular formula is C13H24ClF3N2O. The van der Waals surface area contributed by atoms with Gasteiger partial charge in [0.05, 0.1) is 6.61 Å². The standard InChI is InChI=1S/C13H23F3N2O.ClH/c14-13(15,16)11-19-9-8-18-7-6-17-10-12(18)4-2-1-3-5-12;/h17H,1-11H2;1H. The summed E-state index contributed by atoms with van der Waals surface area (Å²) in [6.45, 7) is 2.44. The minimum absolute atomic E-state index is 0. The predicted octanol–water partition coefficient (Wildman–Crippen LogP) is 2.60. The second-order valence-electron chi connectivity index (χ2n) is 5.62. The highest BCUT2D eigenvalue weighted by Crippen LogP contribution is 2.34. The molecule has 0 radical (unpaired) electrons. The summed E-state index contributed by atoms with van der Waals surface area (Å²) in [5.41, 5.74) is 0.165. The fourth-order valence-corrected chi connectivity index (χ4v) is 3.30. The third kappa shape index (κ3) is 5.06. The molecule has 3 nitrogen and oxygen atoms in total. The first-order valence-electron chi connectivity index (χ1n) is 7.12. The molecule has 1 aliphatic heterocycles. The minimum Gasteiger partial charge on any atom is -0.371 e. The number of nitrogens with zero attached hydrogens (tertiary/aromatic N) is 1. The third-order valence-electron chi connectivity index (χ3n) is 4.24. The lowest BCUT2D eigenvalue weighted by Gasteiger charge is -2.50. The summed E-state index contributed by atoms with van der Waals surface area (Å²) < 4.78 is 40.8. The van der Waals surface area contributed by atoms with E-state index in [1.165, 1.54) is 19.3 Å². The summed E-state index contributed by atoms with van der Waals surface area (Å²) in [4.78, 5) is 2.35. The number of hydrogen-bond acceptors (Lipinski definition) is 3. The molecule has 0 amide bonds. The second kappa shape index (κ2) is 7.82. The number of rotatable bonds is 4. The fourth-order valence-electron chi connectivity index (χ4n) is 3.30. The quantitative estimate of drug-likeness (QED) is 0.807. The van der Waals surface area contributed by atoms with Crippen LogP contribution in [0.4, 0.5) is 13.2 Å². The molecular weight excluding hydrogens is 293 g/mol. The van der Waals surface area contributed by atoms with E-state index in [0.29, 0.717) is 6.54 Å². The van der Waals surface area contributed by atoms with E-state index in [9.17, 15) is 13.2 Å². The number of halogens is 4. The van der Waals surface area contributed by atoms with Crippen molar-refractivity contribution in [2.24, 2.45) is 0 Å². The van der Waals surface area contributed by atoms with Gasteiger partial charge >= 0.3 is 6.18 Å². The van der Waals surface area contributed by atoms with Crippen LogP contribution in [0.3, 0.4) is 0 Å². The average molecular weight is 317 g/mol. The van der Waals surface area contributed by atoms with Gasteiger partial charge < -0.3 is 10.1 Å². The van der Waals surface area contributed by atoms with Crippen LogP contribution in [0.2, 0.25) is 0 Å². The third-order valence-corrected chi connectivity index (χ3v) is 4.24. The number of nitrogens with one attached hydrogen (secondary N) is 1. The Morgan fingerprint density at radius 3 is 2.50 bits per heavy atom. The normalized spacial score (nSPS) is 23.6. The minimum atomic E-state index is -4.22. The molecule has 0 atom stereocenters. The van der Waals surface area contributed by atoms with Gasteiger partial charge in [-0.1, -0.05) is 19.3 Å². The molecule has 1 saturated carbocycles. The average Bonchev–Trinajstić information content (AvgIpc) is 2.36. The molecule has 0 unspecified atom stereocenters. The number of piperazine rings is 1. The fraction of sp³-hybridized carbons (Fsp3) is 1.00. The zero-order valence-electron chi connectivity index (χ0n) is 11.7. The van der Waals surface area contributed by atoms with Crippen LogP contribution in [-0.4, -0.2) is 56.0 Å². The lowest BCUT2D eigenvalue weighted by Crippen LogP contribution is -2.62. The second-order valence-corrected chi connectivity index (χ2v) is 5.62. The van der Waals surface area contributed by atoms with Gasteiger partial charge in [-0.3, -0.25) is 4.90 Å². The SMILES string of the molecule is Cl.FC(F)(F)COCCN1CCNCC12CCCCC2. The molecule has 0 aromatic carbocycles. The van der Waals surface area contributed by atoms with Crippen molar-refractivity contribution in [1.29, 1.82) is 0 Å². The Hall–Kier alpha value is -0.0400. The van der Waals surface area contributed by atoms with E-state index < -0.39 is 12.8 Å². The molecule has 7 heteroatoms. The summed E-state index contributed by atoms with van der Waals surface area (Å²) in [7, 11) is 0. The Balaban J connectivity index is 0.00000200. The van der Waals surface area contributed by atoms with Gasteiger partial charge in [0.1, 0.15) is 6.61 Å². The highest BCUT2D eigenvalue weighted by atomic mass is 35.5. The van der Waals surface area contributed by atoms with E-state index in [0.717, 1.165) is 32.5 Å². The van der Waals surface area contributed by atoms with Crippen LogP contribution in [0.1, 0.15) is 32.1 Å². The Morgan fingerprint density at radius 2 is 1.85 bits per heavy atom. The molecule has 2 fully saturated rings. The maximum absolute atomic E-state index is 12.0. The van der Waals surface area contributed by atoms with Crippen LogP contribution in [0, 0.1) is 0 Å². The maximum Gasteiger partial charge on any atom is 0.411 e. The Labute approximate surface area is 124 Å². The van der Waals surface area contributed by atoms with Gasteiger partial charge in [-0.25, -0.2) is 0 Å². The number of alkyl halides is 3. The zero-order valence-corrected chi connectivity index (χ0v) is 12.5. The molecule has 0 bridgehead atoms. The first-order valence-corrected chi connectivity index (χ1v) is 7.12. The van der Waals surface area contributed by atoms with Gasteiger partial charge in [-0.15, -0.1) is 12.4 Å². The molecule has 1 heterocycles. The molecule has 2 rings (SSSR count). The van der Waals surface area contributed by atoms with E-state index >= 15 is 0 Å². The monoisotopic (exact) mass is 316 g/mol. The largest absolute Gasteiger partial charge is 0.411 e. The van der Waals surface area contributed by atoms with Crippen molar-refractivity contribution in [2.45, 2.75) is 43.8 Å². The van der Waals surface area contributed by atoms with Crippen LogP contribution in [-0.2, 0) is 4.74 Å². The Bertz CT molecular complexity index is 275. The summed E-state index contributed by atoms with van der Waals surface area (Å²) in [6, 6.07) is 0. The molecule has 0 aromatic rings. The van der Waals surface area contributed by atoms with Crippen molar-refractivity contribution in [1.82, 2.24) is 10.2 Å². The van der Waals surface area contributed by atoms with Gasteiger partial charge in [-0.05, 0) is 12.8 Å². The molecule has 1 spiro atoms. The van der Waals surface area contributed by atoms with E-state index in [-0.39, 0.29) is 24.6 Å². The van der Waals surface area contributed by atoms with Crippen LogP contribution in [0.25, 0.3) is 0 Å². The lowest BCUT2D eigenvalue weighted by atomic mass is 9.79. The number of ether oxygens (including phenoxy) is 1. The molecule has 1 N–H and O–H groups in total. The van der Waals surface area contributed by atoms with Gasteiger partial charge in [-0.2, -0.15) is 13.2 Å². The first kappa shape index (κ1) is 18.0. The molecule has 20 heavy (non-hydrogen) atoms. The van der Waals surface area contributed by atoms with Gasteiger partial charge in [0.2, 0.25) is 0 Å². The van der Waals surface area contributed by atoms with Crippen molar-refractivity contribution in [2.75, 3.05) is 39.4 Å². The van der Waals surface area contributed by atoms with Gasteiger partial charge in [0, 0.05) is 31.7 Å². The van der Waals surface area contributed by atoms with E-state index in [4.69, 9.17) is 4.74 Å². The molecule has 0 aromatic heterocycles. The van der Waals surface area contributed by atoms with E-state index in [1.807, 2.05) is 0 Å². The lowest BCUT2D eigenvalue weighted by molar-refractivity contribution is -0.175. The maximum atomic E-state index is 12.0. The number of hydrogen-bond donors (Lipinski definition) is 1. The predicted molar refractivity (Wildman–Crippen MR) is 74.4 cm³/mol. The van der Waals surface area contributed by atoms with Crippen molar-refractivity contribution in [3.63, 3.8) is 0 Å². The summed E-state index contributed by atoms with van der Waals surface area (Å²) in [5.74, 6) is 0. The molecule has 120 valence electrons. The van der Waals surface area contributed by atoms with Crippen molar-refractivity contribution < 1.29 is 17.9 Å². The Kier molecular flexibility index (Phi) is 7.04. The first-order chi connectivity index (χ1) is 9.02. The highest BCUT2D eigenvalue weighted by molar-refractivity contribution is 5.85. The van der Waals surface area contributed by atoms with Crippen molar-refractivity contribution >= 4 is 12.4 Å².